The molecule has 0 saturated heterocycles. The molecule has 0 unspecified atom stereocenters. The maximum Gasteiger partial charge on any atom is 0.357 e. The molecule has 0 aliphatic carbocycles. The highest BCUT2D eigenvalue weighted by atomic mass is 19.1. The number of carboxylic acid groups (broad SMARTS) is 1. The summed E-state index contributed by atoms with van der Waals surface area (Å²) in [7, 11) is 1.31. The number of aryl methyl sites for hydroxylation is 1. The number of hydrogen-bond donors (Lipinski definition) is 1. The van der Waals surface area contributed by atoms with E-state index in [0.717, 1.165) is 17.1 Å². The first kappa shape index (κ1) is 7.88. The molecule has 7 heteroatoms. The smallest absolute Gasteiger partial charge is 0.357 e. The van der Waals surface area contributed by atoms with Crippen LogP contribution in [0.5, 0.6) is 0 Å². The zero-order valence-corrected chi connectivity index (χ0v) is 8.68. The zero-order valence-electron chi connectivity index (χ0n) is 11.7. The summed E-state index contributed by atoms with van der Waals surface area (Å²) in [6, 6.07) is 0. The van der Waals surface area contributed by atoms with Crippen LogP contribution in [0.1, 0.15) is 20.3 Å². The van der Waals surface area contributed by atoms with E-state index in [4.69, 9.17) is 9.22 Å². The molecular formula is C10H9FN4O2. The van der Waals surface area contributed by atoms with Crippen LogP contribution in [0.4, 0.5) is 4.39 Å². The van der Waals surface area contributed by atoms with Crippen LogP contribution in [-0.4, -0.2) is 30.8 Å². The Morgan fingerprint density at radius 1 is 1.53 bits per heavy atom. The molecule has 0 spiro atoms. The Bertz CT molecular complexity index is 666. The molecule has 0 aromatic carbocycles. The lowest BCUT2D eigenvalue weighted by Gasteiger charge is -1.99. The van der Waals surface area contributed by atoms with Crippen LogP contribution in [0.2, 0.25) is 0 Å². The van der Waals surface area contributed by atoms with Crippen molar-refractivity contribution in [2.24, 2.45) is 7.05 Å². The third-order valence-electron chi connectivity index (χ3n) is 2.09. The van der Waals surface area contributed by atoms with Crippen molar-refractivity contribution in [1.29, 1.82) is 0 Å². The SMILES string of the molecule is [2H]C([2H])([2H])c1c(-c2ncc(F)cn2)c(C(=O)O)nn1C. The van der Waals surface area contributed by atoms with Gasteiger partial charge in [-0.05, 0) is 6.85 Å². The van der Waals surface area contributed by atoms with Crippen molar-refractivity contribution in [2.75, 3.05) is 0 Å². The van der Waals surface area contributed by atoms with Crippen molar-refractivity contribution in [2.45, 2.75) is 6.85 Å². The van der Waals surface area contributed by atoms with E-state index in [1.165, 1.54) is 7.05 Å². The zero-order chi connectivity index (χ0) is 15.1. The van der Waals surface area contributed by atoms with Gasteiger partial charge in [0.25, 0.3) is 0 Å². The van der Waals surface area contributed by atoms with Gasteiger partial charge < -0.3 is 5.11 Å². The highest BCUT2D eigenvalue weighted by molar-refractivity contribution is 5.93. The van der Waals surface area contributed by atoms with E-state index in [2.05, 4.69) is 15.1 Å². The quantitative estimate of drug-likeness (QED) is 0.846. The van der Waals surface area contributed by atoms with Gasteiger partial charge in [0.15, 0.2) is 17.3 Å². The molecule has 2 aromatic rings. The Hall–Kier alpha value is -2.31. The second kappa shape index (κ2) is 3.93. The molecule has 1 N–H and O–H groups in total. The van der Waals surface area contributed by atoms with E-state index in [1.807, 2.05) is 0 Å². The number of aromatic carboxylic acids is 1. The fourth-order valence-corrected chi connectivity index (χ4v) is 1.33. The largest absolute Gasteiger partial charge is 0.476 e. The molecule has 2 heterocycles. The Balaban J connectivity index is 2.77. The normalized spacial score (nSPS) is 13.9. The van der Waals surface area contributed by atoms with Gasteiger partial charge in [-0.3, -0.25) is 4.68 Å². The molecule has 0 aliphatic heterocycles. The second-order valence-electron chi connectivity index (χ2n) is 3.23. The molecule has 0 amide bonds. The Labute approximate surface area is 100.0 Å². The first-order chi connectivity index (χ1) is 9.21. The number of hydrogen-bond acceptors (Lipinski definition) is 4. The van der Waals surface area contributed by atoms with Gasteiger partial charge in [0.05, 0.1) is 18.0 Å². The van der Waals surface area contributed by atoms with Crippen molar-refractivity contribution in [3.63, 3.8) is 0 Å². The lowest BCUT2D eigenvalue weighted by atomic mass is 10.1. The Kier molecular flexibility index (Phi) is 1.82. The maximum absolute atomic E-state index is 12.8. The second-order valence-corrected chi connectivity index (χ2v) is 3.23. The van der Waals surface area contributed by atoms with Crippen LogP contribution < -0.4 is 0 Å². The molecule has 0 fully saturated rings. The van der Waals surface area contributed by atoms with Crippen molar-refractivity contribution in [1.82, 2.24) is 19.7 Å². The van der Waals surface area contributed by atoms with E-state index in [9.17, 15) is 9.18 Å². The summed E-state index contributed by atoms with van der Waals surface area (Å²) in [4.78, 5) is 18.4. The van der Waals surface area contributed by atoms with Crippen LogP contribution >= 0.6 is 0 Å². The van der Waals surface area contributed by atoms with Gasteiger partial charge in [-0.15, -0.1) is 0 Å². The average Bonchev–Trinajstić information content (AvgIpc) is 2.67. The van der Waals surface area contributed by atoms with E-state index in [0.29, 0.717) is 0 Å². The number of carboxylic acids is 1. The molecule has 88 valence electrons. The van der Waals surface area contributed by atoms with Gasteiger partial charge in [0.2, 0.25) is 0 Å². The standard InChI is InChI=1S/C10H9FN4O2/c1-5-7(8(10(16)17)14-15(5)2)9-12-3-6(11)4-13-9/h3-4H,1-2H3,(H,16,17)/i1D3. The molecule has 17 heavy (non-hydrogen) atoms. The van der Waals surface area contributed by atoms with Crippen molar-refractivity contribution >= 4 is 5.97 Å². The van der Waals surface area contributed by atoms with Gasteiger partial charge in [-0.2, -0.15) is 5.10 Å². The summed E-state index contributed by atoms with van der Waals surface area (Å²) in [5, 5.41) is 12.8. The maximum atomic E-state index is 12.8. The molecule has 0 atom stereocenters. The van der Waals surface area contributed by atoms with Gasteiger partial charge in [0, 0.05) is 16.9 Å². The number of aromatic nitrogens is 4. The van der Waals surface area contributed by atoms with Crippen LogP contribution in [0.3, 0.4) is 0 Å². The molecular weight excluding hydrogens is 227 g/mol. The summed E-state index contributed by atoms with van der Waals surface area (Å²) < 4.78 is 36.1. The molecule has 0 radical (unpaired) electrons. The first-order valence-corrected chi connectivity index (χ1v) is 4.50. The molecule has 0 aliphatic rings. The van der Waals surface area contributed by atoms with Crippen molar-refractivity contribution < 1.29 is 18.4 Å². The van der Waals surface area contributed by atoms with E-state index >= 15 is 0 Å². The lowest BCUT2D eigenvalue weighted by Crippen LogP contribution is -2.01. The molecule has 2 rings (SSSR count). The average molecular weight is 239 g/mol. The number of rotatable bonds is 2. The van der Waals surface area contributed by atoms with Crippen molar-refractivity contribution in [3.05, 3.63) is 29.6 Å². The Morgan fingerprint density at radius 3 is 2.71 bits per heavy atom. The van der Waals surface area contributed by atoms with Gasteiger partial charge >= 0.3 is 5.97 Å². The van der Waals surface area contributed by atoms with Crippen LogP contribution in [0.15, 0.2) is 12.4 Å². The summed E-state index contributed by atoms with van der Waals surface area (Å²) in [6.07, 6.45) is 1.65. The minimum atomic E-state index is -2.61. The van der Waals surface area contributed by atoms with Gasteiger partial charge in [-0.25, -0.2) is 19.2 Å². The lowest BCUT2D eigenvalue weighted by molar-refractivity contribution is 0.0690. The van der Waals surface area contributed by atoms with Crippen molar-refractivity contribution in [3.8, 4) is 11.4 Å². The van der Waals surface area contributed by atoms with Crippen LogP contribution in [0, 0.1) is 12.7 Å². The van der Waals surface area contributed by atoms with E-state index < -0.39 is 24.3 Å². The minimum Gasteiger partial charge on any atom is -0.476 e. The van der Waals surface area contributed by atoms with Gasteiger partial charge in [0.1, 0.15) is 0 Å². The third kappa shape index (κ3) is 1.86. The molecule has 0 saturated carbocycles. The molecule has 0 bridgehead atoms. The van der Waals surface area contributed by atoms with E-state index in [1.54, 1.807) is 0 Å². The minimum absolute atomic E-state index is 0.206. The summed E-state index contributed by atoms with van der Waals surface area (Å²) in [5.41, 5.74) is -1.05. The number of carbonyl (C=O) groups is 1. The highest BCUT2D eigenvalue weighted by Crippen LogP contribution is 2.23. The monoisotopic (exact) mass is 239 g/mol. The van der Waals surface area contributed by atoms with Crippen LogP contribution in [0.25, 0.3) is 11.4 Å². The predicted octanol–water partition coefficient (Wildman–Crippen LogP) is 1.02. The molecule has 6 nitrogen and oxygen atoms in total. The summed E-state index contributed by atoms with van der Waals surface area (Å²) in [5.74, 6) is -2.34. The number of nitrogens with zero attached hydrogens (tertiary/aromatic N) is 4. The van der Waals surface area contributed by atoms with Gasteiger partial charge in [-0.1, -0.05) is 0 Å². The highest BCUT2D eigenvalue weighted by Gasteiger charge is 2.22. The predicted molar refractivity (Wildman–Crippen MR) is 55.9 cm³/mol. The molecule has 2 aromatic heterocycles. The topological polar surface area (TPSA) is 80.9 Å². The fraction of sp³-hybridized carbons (Fsp3) is 0.200. The third-order valence-corrected chi connectivity index (χ3v) is 2.09. The summed E-state index contributed by atoms with van der Waals surface area (Å²) in [6.45, 7) is -2.61. The number of halogens is 1. The van der Waals surface area contributed by atoms with E-state index in [-0.39, 0.29) is 17.1 Å². The van der Waals surface area contributed by atoms with Crippen LogP contribution in [-0.2, 0) is 7.05 Å². The fourth-order valence-electron chi connectivity index (χ4n) is 1.33. The first-order valence-electron chi connectivity index (χ1n) is 6.00. The summed E-state index contributed by atoms with van der Waals surface area (Å²) >= 11 is 0. The Morgan fingerprint density at radius 2 is 2.18 bits per heavy atom.